The molecular formula is C25H23N3O4S2. The number of benzene rings is 2. The van der Waals surface area contributed by atoms with Crippen LogP contribution in [0.25, 0.3) is 15.9 Å². The Labute approximate surface area is 204 Å². The van der Waals surface area contributed by atoms with Crippen molar-refractivity contribution < 1.29 is 14.7 Å². The third-order valence-corrected chi connectivity index (χ3v) is 7.47. The molecule has 2 N–H and O–H groups in total. The number of nitrogens with zero attached hydrogens (tertiary/aromatic N) is 2. The molecule has 0 aliphatic rings. The summed E-state index contributed by atoms with van der Waals surface area (Å²) in [5.41, 5.74) is 2.19. The molecule has 0 spiro atoms. The highest BCUT2D eigenvalue weighted by molar-refractivity contribution is 7.99. The number of para-hydroxylation sites is 1. The smallest absolute Gasteiger partial charge is 0.326 e. The van der Waals surface area contributed by atoms with Crippen LogP contribution in [-0.2, 0) is 16.0 Å². The first kappa shape index (κ1) is 23.7. The molecule has 9 heteroatoms. The number of carbonyl (C=O) groups is 2. The van der Waals surface area contributed by atoms with Crippen molar-refractivity contribution in [1.29, 1.82) is 0 Å². The van der Waals surface area contributed by atoms with Crippen LogP contribution in [0, 0.1) is 13.8 Å². The number of thiophene rings is 1. The van der Waals surface area contributed by atoms with Gasteiger partial charge in [0, 0.05) is 11.3 Å². The molecule has 0 aliphatic heterocycles. The molecule has 174 valence electrons. The van der Waals surface area contributed by atoms with Gasteiger partial charge in [0.05, 0.1) is 16.8 Å². The average molecular weight is 494 g/mol. The van der Waals surface area contributed by atoms with Crippen molar-refractivity contribution in [3.63, 3.8) is 0 Å². The fraction of sp³-hybridized carbons (Fsp3) is 0.200. The Balaban J connectivity index is 1.59. The number of nitrogens with one attached hydrogen (secondary N) is 1. The van der Waals surface area contributed by atoms with Crippen molar-refractivity contribution in [2.75, 3.05) is 5.75 Å². The summed E-state index contributed by atoms with van der Waals surface area (Å²) < 4.78 is 1.51. The van der Waals surface area contributed by atoms with Crippen molar-refractivity contribution in [3.8, 4) is 5.69 Å². The molecule has 7 nitrogen and oxygen atoms in total. The Hall–Kier alpha value is -3.43. The molecule has 0 fully saturated rings. The van der Waals surface area contributed by atoms with Crippen molar-refractivity contribution >= 4 is 45.2 Å². The summed E-state index contributed by atoms with van der Waals surface area (Å²) in [6.45, 7) is 3.86. The average Bonchev–Trinajstić information content (AvgIpc) is 3.12. The van der Waals surface area contributed by atoms with E-state index in [0.29, 0.717) is 21.1 Å². The van der Waals surface area contributed by atoms with Crippen LogP contribution >= 0.6 is 23.1 Å². The highest BCUT2D eigenvalue weighted by Crippen LogP contribution is 2.29. The second-order valence-corrected chi connectivity index (χ2v) is 9.92. The van der Waals surface area contributed by atoms with E-state index in [1.165, 1.54) is 15.9 Å². The Morgan fingerprint density at radius 3 is 2.38 bits per heavy atom. The number of aryl methyl sites for hydroxylation is 2. The van der Waals surface area contributed by atoms with Crippen LogP contribution in [-0.4, -0.2) is 38.3 Å². The first-order valence-electron chi connectivity index (χ1n) is 10.6. The zero-order chi connectivity index (χ0) is 24.2. The maximum atomic E-state index is 13.4. The summed E-state index contributed by atoms with van der Waals surface area (Å²) in [5, 5.41) is 13.1. The number of fused-ring (bicyclic) bond motifs is 1. The number of amides is 1. The molecule has 4 aromatic rings. The van der Waals surface area contributed by atoms with E-state index in [2.05, 4.69) is 5.32 Å². The van der Waals surface area contributed by atoms with Crippen LogP contribution < -0.4 is 10.9 Å². The Morgan fingerprint density at radius 1 is 1.09 bits per heavy atom. The fourth-order valence-electron chi connectivity index (χ4n) is 3.59. The number of hydrogen-bond acceptors (Lipinski definition) is 6. The first-order chi connectivity index (χ1) is 16.3. The molecule has 1 atom stereocenters. The predicted octanol–water partition coefficient (Wildman–Crippen LogP) is 3.97. The minimum absolute atomic E-state index is 0.0767. The van der Waals surface area contributed by atoms with Crippen LogP contribution in [0.1, 0.15) is 16.0 Å². The van der Waals surface area contributed by atoms with Crippen LogP contribution in [0.2, 0.25) is 0 Å². The number of carboxylic acids is 1. The monoisotopic (exact) mass is 493 g/mol. The SMILES string of the molecule is Cc1sc2nc(SCC(=O)N[C@@H](Cc3ccccc3)C(=O)O)n(-c3ccccc3)c(=O)c2c1C. The van der Waals surface area contributed by atoms with Gasteiger partial charge in [-0.25, -0.2) is 9.78 Å². The van der Waals surface area contributed by atoms with Crippen molar-refractivity contribution in [2.45, 2.75) is 31.5 Å². The van der Waals surface area contributed by atoms with E-state index in [1.807, 2.05) is 74.5 Å². The van der Waals surface area contributed by atoms with Gasteiger partial charge in [0.25, 0.3) is 5.56 Å². The quantitative estimate of drug-likeness (QED) is 0.285. The van der Waals surface area contributed by atoms with E-state index in [1.54, 1.807) is 0 Å². The molecule has 0 unspecified atom stereocenters. The standard InChI is InChI=1S/C25H23N3O4S2/c1-15-16(2)34-22-21(15)23(30)28(18-11-7-4-8-12-18)25(27-22)33-14-20(29)26-19(24(31)32)13-17-9-5-3-6-10-17/h3-12,19H,13-14H2,1-2H3,(H,26,29)(H,31,32)/t19-/m0/s1. The molecule has 0 bridgehead atoms. The van der Waals surface area contributed by atoms with E-state index in [-0.39, 0.29) is 17.7 Å². The first-order valence-corrected chi connectivity index (χ1v) is 12.4. The molecule has 2 aromatic carbocycles. The second kappa shape index (κ2) is 10.2. The van der Waals surface area contributed by atoms with Gasteiger partial charge >= 0.3 is 5.97 Å². The van der Waals surface area contributed by atoms with Gasteiger partial charge in [0.15, 0.2) is 5.16 Å². The van der Waals surface area contributed by atoms with Crippen LogP contribution in [0.15, 0.2) is 70.6 Å². The molecule has 2 heterocycles. The van der Waals surface area contributed by atoms with Gasteiger partial charge in [-0.3, -0.25) is 14.2 Å². The highest BCUT2D eigenvalue weighted by Gasteiger charge is 2.22. The topological polar surface area (TPSA) is 101 Å². The zero-order valence-corrected chi connectivity index (χ0v) is 20.3. The van der Waals surface area contributed by atoms with Crippen LogP contribution in [0.3, 0.4) is 0 Å². The number of carboxylic acid groups (broad SMARTS) is 1. The molecule has 34 heavy (non-hydrogen) atoms. The highest BCUT2D eigenvalue weighted by atomic mass is 32.2. The van der Waals surface area contributed by atoms with Gasteiger partial charge in [0.1, 0.15) is 10.9 Å². The number of aliphatic carboxylic acids is 1. The van der Waals surface area contributed by atoms with Gasteiger partial charge in [0.2, 0.25) is 5.91 Å². The van der Waals surface area contributed by atoms with Gasteiger partial charge in [-0.05, 0) is 37.1 Å². The number of aromatic nitrogens is 2. The zero-order valence-electron chi connectivity index (χ0n) is 18.6. The molecule has 0 saturated heterocycles. The van der Waals surface area contributed by atoms with Gasteiger partial charge < -0.3 is 10.4 Å². The van der Waals surface area contributed by atoms with Crippen molar-refractivity contribution in [2.24, 2.45) is 0 Å². The lowest BCUT2D eigenvalue weighted by Gasteiger charge is -2.15. The van der Waals surface area contributed by atoms with Gasteiger partial charge in [-0.2, -0.15) is 0 Å². The van der Waals surface area contributed by atoms with E-state index >= 15 is 0 Å². The molecule has 1 amide bonds. The summed E-state index contributed by atoms with van der Waals surface area (Å²) in [5.74, 6) is -1.62. The van der Waals surface area contributed by atoms with E-state index in [0.717, 1.165) is 27.8 Å². The summed E-state index contributed by atoms with van der Waals surface area (Å²) in [7, 11) is 0. The van der Waals surface area contributed by atoms with Crippen molar-refractivity contribution in [3.05, 3.63) is 87.0 Å². The fourth-order valence-corrected chi connectivity index (χ4v) is 5.49. The minimum atomic E-state index is -1.10. The summed E-state index contributed by atoms with van der Waals surface area (Å²) >= 11 is 2.55. The molecule has 2 aromatic heterocycles. The number of rotatable bonds is 8. The van der Waals surface area contributed by atoms with Gasteiger partial charge in [-0.15, -0.1) is 11.3 Å². The third kappa shape index (κ3) is 5.05. The molecule has 0 aliphatic carbocycles. The van der Waals surface area contributed by atoms with E-state index < -0.39 is 17.9 Å². The lowest BCUT2D eigenvalue weighted by molar-refractivity contribution is -0.141. The lowest BCUT2D eigenvalue weighted by atomic mass is 10.1. The number of carbonyl (C=O) groups excluding carboxylic acids is 1. The summed E-state index contributed by atoms with van der Waals surface area (Å²) in [6.07, 6.45) is 0.180. The Morgan fingerprint density at radius 2 is 1.74 bits per heavy atom. The molecule has 0 radical (unpaired) electrons. The van der Waals surface area contributed by atoms with E-state index in [4.69, 9.17) is 4.98 Å². The Bertz CT molecular complexity index is 1400. The van der Waals surface area contributed by atoms with Gasteiger partial charge in [-0.1, -0.05) is 60.3 Å². The normalized spacial score (nSPS) is 11.9. The number of hydrogen-bond donors (Lipinski definition) is 2. The molecule has 4 rings (SSSR count). The minimum Gasteiger partial charge on any atom is -0.480 e. The summed E-state index contributed by atoms with van der Waals surface area (Å²) in [6, 6.07) is 17.2. The maximum absolute atomic E-state index is 13.4. The number of thioether (sulfide) groups is 1. The van der Waals surface area contributed by atoms with Crippen LogP contribution in [0.4, 0.5) is 0 Å². The maximum Gasteiger partial charge on any atom is 0.326 e. The molecular weight excluding hydrogens is 470 g/mol. The lowest BCUT2D eigenvalue weighted by Crippen LogP contribution is -2.43. The van der Waals surface area contributed by atoms with Crippen LogP contribution in [0.5, 0.6) is 0 Å². The second-order valence-electron chi connectivity index (χ2n) is 7.77. The molecule has 0 saturated carbocycles. The third-order valence-electron chi connectivity index (χ3n) is 5.43. The van der Waals surface area contributed by atoms with Crippen molar-refractivity contribution in [1.82, 2.24) is 14.9 Å². The van der Waals surface area contributed by atoms with E-state index in [9.17, 15) is 19.5 Å². The summed E-state index contributed by atoms with van der Waals surface area (Å²) in [4.78, 5) is 44.1. The Kier molecular flexibility index (Phi) is 7.14. The predicted molar refractivity (Wildman–Crippen MR) is 135 cm³/mol. The largest absolute Gasteiger partial charge is 0.480 e.